The zero-order chi connectivity index (χ0) is 12.0. The summed E-state index contributed by atoms with van der Waals surface area (Å²) in [6.07, 6.45) is 7.33. The van der Waals surface area contributed by atoms with Crippen LogP contribution in [0.4, 0.5) is 8.78 Å². The van der Waals surface area contributed by atoms with E-state index in [2.05, 4.69) is 11.2 Å². The maximum atomic E-state index is 13.0. The molecule has 16 heavy (non-hydrogen) atoms. The Morgan fingerprint density at radius 3 is 2.69 bits per heavy atom. The molecule has 1 atom stereocenters. The number of terminal acetylenes is 1. The summed E-state index contributed by atoms with van der Waals surface area (Å²) in [6, 6.07) is 4.17. The minimum Gasteiger partial charge on any atom is -0.317 e. The van der Waals surface area contributed by atoms with Crippen LogP contribution in [-0.4, -0.2) is 13.1 Å². The van der Waals surface area contributed by atoms with Crippen LogP contribution in [0.25, 0.3) is 0 Å². The molecule has 0 bridgehead atoms. The summed E-state index contributed by atoms with van der Waals surface area (Å²) in [5.74, 6) is 0.951. The topological polar surface area (TPSA) is 12.0 Å². The number of halogens is 2. The molecule has 0 aliphatic rings. The van der Waals surface area contributed by atoms with Gasteiger partial charge in [-0.1, -0.05) is 6.07 Å². The van der Waals surface area contributed by atoms with Gasteiger partial charge in [0.05, 0.1) is 0 Å². The van der Waals surface area contributed by atoms with E-state index >= 15 is 0 Å². The Bertz CT molecular complexity index is 382. The number of hydrogen-bond donors (Lipinski definition) is 1. The highest BCUT2D eigenvalue weighted by atomic mass is 19.2. The van der Waals surface area contributed by atoms with E-state index in [-0.39, 0.29) is 6.04 Å². The molecular weight excluding hydrogens is 208 g/mol. The number of benzene rings is 1. The minimum absolute atomic E-state index is 0.195. The SMILES string of the molecule is C#CCCC(Cc1ccc(F)c(F)c1)NC. The van der Waals surface area contributed by atoms with Crippen LogP contribution in [0.1, 0.15) is 18.4 Å². The highest BCUT2D eigenvalue weighted by Gasteiger charge is 2.08. The molecule has 0 amide bonds. The molecule has 0 heterocycles. The van der Waals surface area contributed by atoms with E-state index in [0.717, 1.165) is 18.1 Å². The number of likely N-dealkylation sites (N-methyl/N-ethyl adjacent to an activating group) is 1. The molecule has 1 nitrogen and oxygen atoms in total. The van der Waals surface area contributed by atoms with Crippen LogP contribution in [-0.2, 0) is 6.42 Å². The fourth-order valence-corrected chi connectivity index (χ4v) is 1.56. The van der Waals surface area contributed by atoms with E-state index in [9.17, 15) is 8.78 Å². The molecule has 0 aliphatic heterocycles. The Morgan fingerprint density at radius 1 is 1.38 bits per heavy atom. The molecule has 3 heteroatoms. The molecule has 1 rings (SSSR count). The van der Waals surface area contributed by atoms with Crippen LogP contribution >= 0.6 is 0 Å². The van der Waals surface area contributed by atoms with Gasteiger partial charge in [0.2, 0.25) is 0 Å². The van der Waals surface area contributed by atoms with Crippen molar-refractivity contribution < 1.29 is 8.78 Å². The predicted octanol–water partition coefficient (Wildman–Crippen LogP) is 2.51. The summed E-state index contributed by atoms with van der Waals surface area (Å²) in [5, 5.41) is 3.11. The zero-order valence-electron chi connectivity index (χ0n) is 9.26. The third-order valence-electron chi connectivity index (χ3n) is 2.51. The van der Waals surface area contributed by atoms with Crippen LogP contribution < -0.4 is 5.32 Å². The second-order valence-electron chi connectivity index (χ2n) is 3.68. The third-order valence-corrected chi connectivity index (χ3v) is 2.51. The average molecular weight is 223 g/mol. The van der Waals surface area contributed by atoms with Gasteiger partial charge in [0.25, 0.3) is 0 Å². The van der Waals surface area contributed by atoms with Gasteiger partial charge in [-0.15, -0.1) is 12.3 Å². The van der Waals surface area contributed by atoms with E-state index in [4.69, 9.17) is 6.42 Å². The molecule has 0 aliphatic carbocycles. The first-order chi connectivity index (χ1) is 7.67. The molecule has 0 spiro atoms. The van der Waals surface area contributed by atoms with Crippen molar-refractivity contribution in [1.29, 1.82) is 0 Å². The van der Waals surface area contributed by atoms with Gasteiger partial charge in [0, 0.05) is 12.5 Å². The van der Waals surface area contributed by atoms with Crippen molar-refractivity contribution in [3.8, 4) is 12.3 Å². The molecular formula is C13H15F2N. The van der Waals surface area contributed by atoms with E-state index < -0.39 is 11.6 Å². The molecule has 0 fully saturated rings. The summed E-state index contributed by atoms with van der Waals surface area (Å²) in [4.78, 5) is 0. The molecule has 0 saturated carbocycles. The van der Waals surface area contributed by atoms with Crippen molar-refractivity contribution in [2.45, 2.75) is 25.3 Å². The van der Waals surface area contributed by atoms with Gasteiger partial charge < -0.3 is 5.32 Å². The van der Waals surface area contributed by atoms with Crippen LogP contribution in [0.15, 0.2) is 18.2 Å². The number of rotatable bonds is 5. The Morgan fingerprint density at radius 2 is 2.12 bits per heavy atom. The second-order valence-corrected chi connectivity index (χ2v) is 3.68. The van der Waals surface area contributed by atoms with E-state index in [0.29, 0.717) is 12.8 Å². The fourth-order valence-electron chi connectivity index (χ4n) is 1.56. The monoisotopic (exact) mass is 223 g/mol. The smallest absolute Gasteiger partial charge is 0.159 e. The van der Waals surface area contributed by atoms with Crippen molar-refractivity contribution in [3.63, 3.8) is 0 Å². The quantitative estimate of drug-likeness (QED) is 0.756. The van der Waals surface area contributed by atoms with Crippen LogP contribution in [0.2, 0.25) is 0 Å². The summed E-state index contributed by atoms with van der Waals surface area (Å²) >= 11 is 0. The number of hydrogen-bond acceptors (Lipinski definition) is 1. The van der Waals surface area contributed by atoms with E-state index in [1.807, 2.05) is 7.05 Å². The van der Waals surface area contributed by atoms with Gasteiger partial charge in [0.15, 0.2) is 11.6 Å². The maximum Gasteiger partial charge on any atom is 0.159 e. The van der Waals surface area contributed by atoms with Crippen molar-refractivity contribution in [3.05, 3.63) is 35.4 Å². The van der Waals surface area contributed by atoms with Gasteiger partial charge in [0.1, 0.15) is 0 Å². The fraction of sp³-hybridized carbons (Fsp3) is 0.385. The standard InChI is InChI=1S/C13H15F2N/c1-3-4-5-11(16-2)8-10-6-7-12(14)13(15)9-10/h1,6-7,9,11,16H,4-5,8H2,2H3. The predicted molar refractivity (Wildman–Crippen MR) is 61.0 cm³/mol. The molecule has 0 aromatic heterocycles. The molecule has 1 N–H and O–H groups in total. The lowest BCUT2D eigenvalue weighted by molar-refractivity contribution is 0.499. The minimum atomic E-state index is -0.812. The van der Waals surface area contributed by atoms with E-state index in [1.54, 1.807) is 6.07 Å². The van der Waals surface area contributed by atoms with Crippen molar-refractivity contribution in [2.24, 2.45) is 0 Å². The third kappa shape index (κ3) is 3.63. The van der Waals surface area contributed by atoms with Gasteiger partial charge in [-0.05, 0) is 37.6 Å². The molecule has 1 aromatic rings. The Labute approximate surface area is 94.9 Å². The summed E-state index contributed by atoms with van der Waals surface area (Å²) in [5.41, 5.74) is 0.773. The van der Waals surface area contributed by atoms with Gasteiger partial charge in [-0.25, -0.2) is 8.78 Å². The first kappa shape index (κ1) is 12.7. The Kier molecular flexibility index (Phi) is 4.94. The largest absolute Gasteiger partial charge is 0.317 e. The van der Waals surface area contributed by atoms with Gasteiger partial charge in [-0.3, -0.25) is 0 Å². The summed E-state index contributed by atoms with van der Waals surface area (Å²) in [7, 11) is 1.83. The highest BCUT2D eigenvalue weighted by Crippen LogP contribution is 2.12. The molecule has 1 unspecified atom stereocenters. The Hall–Kier alpha value is -1.40. The van der Waals surface area contributed by atoms with Crippen LogP contribution in [0, 0.1) is 24.0 Å². The maximum absolute atomic E-state index is 13.0. The molecule has 1 aromatic carbocycles. The van der Waals surface area contributed by atoms with Crippen LogP contribution in [0.5, 0.6) is 0 Å². The zero-order valence-corrected chi connectivity index (χ0v) is 9.26. The van der Waals surface area contributed by atoms with E-state index in [1.165, 1.54) is 6.07 Å². The first-order valence-corrected chi connectivity index (χ1v) is 5.22. The molecule has 86 valence electrons. The van der Waals surface area contributed by atoms with Crippen molar-refractivity contribution in [2.75, 3.05) is 7.05 Å². The summed E-state index contributed by atoms with van der Waals surface area (Å²) < 4.78 is 25.7. The normalized spacial score (nSPS) is 12.1. The lowest BCUT2D eigenvalue weighted by Gasteiger charge is -2.14. The molecule has 0 radical (unpaired) electrons. The van der Waals surface area contributed by atoms with Gasteiger partial charge in [-0.2, -0.15) is 0 Å². The summed E-state index contributed by atoms with van der Waals surface area (Å²) in [6.45, 7) is 0. The lowest BCUT2D eigenvalue weighted by atomic mass is 10.0. The Balaban J connectivity index is 2.63. The molecule has 0 saturated heterocycles. The first-order valence-electron chi connectivity index (χ1n) is 5.22. The average Bonchev–Trinajstić information content (AvgIpc) is 2.29. The van der Waals surface area contributed by atoms with Crippen LogP contribution in [0.3, 0.4) is 0 Å². The lowest BCUT2D eigenvalue weighted by Crippen LogP contribution is -2.27. The van der Waals surface area contributed by atoms with Crippen molar-refractivity contribution in [1.82, 2.24) is 5.32 Å². The van der Waals surface area contributed by atoms with Gasteiger partial charge >= 0.3 is 0 Å². The number of nitrogens with one attached hydrogen (secondary N) is 1. The van der Waals surface area contributed by atoms with Crippen molar-refractivity contribution >= 4 is 0 Å². The highest BCUT2D eigenvalue weighted by molar-refractivity contribution is 5.18. The second kappa shape index (κ2) is 6.24.